The first-order valence-electron chi connectivity index (χ1n) is 7.42. The highest BCUT2D eigenvalue weighted by molar-refractivity contribution is 7.99. The van der Waals surface area contributed by atoms with Crippen molar-refractivity contribution in [3.05, 3.63) is 34.3 Å². The molecule has 2 aliphatic heterocycles. The van der Waals surface area contributed by atoms with Gasteiger partial charge in [-0.3, -0.25) is 0 Å². The molecule has 1 aromatic carbocycles. The van der Waals surface area contributed by atoms with Crippen molar-refractivity contribution in [2.45, 2.75) is 44.1 Å². The number of benzene rings is 1. The summed E-state index contributed by atoms with van der Waals surface area (Å²) in [5.74, 6) is 3.21. The molecule has 0 bridgehead atoms. The molecule has 1 N–H and O–H groups in total. The van der Waals surface area contributed by atoms with E-state index in [4.69, 9.17) is 11.6 Å². The van der Waals surface area contributed by atoms with Crippen molar-refractivity contribution in [3.63, 3.8) is 0 Å². The lowest BCUT2D eigenvalue weighted by Gasteiger charge is -2.23. The maximum absolute atomic E-state index is 6.50. The van der Waals surface area contributed by atoms with Gasteiger partial charge in [-0.1, -0.05) is 30.2 Å². The quantitative estimate of drug-likeness (QED) is 0.895. The summed E-state index contributed by atoms with van der Waals surface area (Å²) in [4.78, 5) is 0. The van der Waals surface area contributed by atoms with Crippen molar-refractivity contribution in [1.29, 1.82) is 0 Å². The molecular formula is C16H22ClNS. The fourth-order valence-corrected chi connectivity index (χ4v) is 4.80. The summed E-state index contributed by atoms with van der Waals surface area (Å²) in [5.41, 5.74) is 2.76. The van der Waals surface area contributed by atoms with Crippen molar-refractivity contribution < 1.29 is 0 Å². The normalized spacial score (nSPS) is 27.6. The van der Waals surface area contributed by atoms with Crippen molar-refractivity contribution in [2.75, 3.05) is 18.1 Å². The SMILES string of the molecule is Clc1cc(CC2CCCCN2)ccc1C1CCSC1. The molecule has 0 aliphatic carbocycles. The minimum atomic E-state index is 0.651. The molecule has 0 spiro atoms. The van der Waals surface area contributed by atoms with E-state index in [0.717, 1.165) is 11.4 Å². The Labute approximate surface area is 125 Å². The van der Waals surface area contributed by atoms with Crippen LogP contribution >= 0.6 is 23.4 Å². The Bertz CT molecular complexity index is 423. The van der Waals surface area contributed by atoms with Gasteiger partial charge in [0, 0.05) is 16.8 Å². The number of hydrogen-bond donors (Lipinski definition) is 1. The maximum atomic E-state index is 6.50. The van der Waals surface area contributed by atoms with E-state index in [1.54, 1.807) is 0 Å². The van der Waals surface area contributed by atoms with Crippen LogP contribution in [-0.4, -0.2) is 24.1 Å². The van der Waals surface area contributed by atoms with Gasteiger partial charge in [0.05, 0.1) is 0 Å². The van der Waals surface area contributed by atoms with Gasteiger partial charge in [0.1, 0.15) is 0 Å². The Morgan fingerprint density at radius 1 is 1.26 bits per heavy atom. The van der Waals surface area contributed by atoms with Crippen molar-refractivity contribution in [1.82, 2.24) is 5.32 Å². The summed E-state index contributed by atoms with van der Waals surface area (Å²) in [6.07, 6.45) is 6.41. The van der Waals surface area contributed by atoms with Gasteiger partial charge in [0.15, 0.2) is 0 Å². The number of rotatable bonds is 3. The third-order valence-corrected chi connectivity index (χ3v) is 5.82. The van der Waals surface area contributed by atoms with Gasteiger partial charge < -0.3 is 5.32 Å². The van der Waals surface area contributed by atoms with Crippen LogP contribution in [0.1, 0.15) is 42.7 Å². The molecule has 104 valence electrons. The van der Waals surface area contributed by atoms with Gasteiger partial charge in [0.2, 0.25) is 0 Å². The predicted octanol–water partition coefficient (Wildman–Crippen LogP) is 4.25. The number of thioether (sulfide) groups is 1. The first kappa shape index (κ1) is 13.8. The molecule has 2 fully saturated rings. The van der Waals surface area contributed by atoms with Gasteiger partial charge in [-0.25, -0.2) is 0 Å². The smallest absolute Gasteiger partial charge is 0.0443 e. The minimum absolute atomic E-state index is 0.651. The number of halogens is 1. The summed E-state index contributed by atoms with van der Waals surface area (Å²) in [5, 5.41) is 4.60. The van der Waals surface area contributed by atoms with Crippen LogP contribution < -0.4 is 5.32 Å². The van der Waals surface area contributed by atoms with Crippen molar-refractivity contribution >= 4 is 23.4 Å². The highest BCUT2D eigenvalue weighted by atomic mass is 35.5. The average molecular weight is 296 g/mol. The Hall–Kier alpha value is -0.180. The average Bonchev–Trinajstić information content (AvgIpc) is 2.94. The topological polar surface area (TPSA) is 12.0 Å². The van der Waals surface area contributed by atoms with Crippen molar-refractivity contribution in [2.24, 2.45) is 0 Å². The summed E-state index contributed by atoms with van der Waals surface area (Å²) < 4.78 is 0. The summed E-state index contributed by atoms with van der Waals surface area (Å²) in [6, 6.07) is 7.42. The second-order valence-electron chi connectivity index (χ2n) is 5.77. The van der Waals surface area contributed by atoms with E-state index in [-0.39, 0.29) is 0 Å². The number of piperidine rings is 1. The first-order valence-corrected chi connectivity index (χ1v) is 8.95. The van der Waals surface area contributed by atoms with E-state index in [2.05, 4.69) is 23.5 Å². The summed E-state index contributed by atoms with van der Waals surface area (Å²) in [6.45, 7) is 1.18. The molecule has 2 aliphatic rings. The Morgan fingerprint density at radius 3 is 2.89 bits per heavy atom. The van der Waals surface area contributed by atoms with Gasteiger partial charge in [-0.15, -0.1) is 0 Å². The van der Waals surface area contributed by atoms with Gasteiger partial charge >= 0.3 is 0 Å². The van der Waals surface area contributed by atoms with Crippen LogP contribution in [0.25, 0.3) is 0 Å². The van der Waals surface area contributed by atoms with E-state index < -0.39 is 0 Å². The molecule has 2 heterocycles. The van der Waals surface area contributed by atoms with Gasteiger partial charge in [-0.05, 0) is 61.1 Å². The fourth-order valence-electron chi connectivity index (χ4n) is 3.19. The molecule has 1 nitrogen and oxygen atoms in total. The van der Waals surface area contributed by atoms with Crippen LogP contribution in [0.15, 0.2) is 18.2 Å². The number of nitrogens with one attached hydrogen (secondary N) is 1. The summed E-state index contributed by atoms with van der Waals surface area (Å²) in [7, 11) is 0. The molecule has 19 heavy (non-hydrogen) atoms. The molecule has 1 aromatic rings. The molecule has 0 amide bonds. The lowest BCUT2D eigenvalue weighted by Crippen LogP contribution is -2.35. The van der Waals surface area contributed by atoms with Crippen LogP contribution in [0.2, 0.25) is 5.02 Å². The Kier molecular flexibility index (Phi) is 4.73. The first-order chi connectivity index (χ1) is 9.33. The zero-order valence-electron chi connectivity index (χ0n) is 11.3. The minimum Gasteiger partial charge on any atom is -0.314 e. The highest BCUT2D eigenvalue weighted by Gasteiger charge is 2.20. The largest absolute Gasteiger partial charge is 0.314 e. The molecule has 2 atom stereocenters. The molecule has 0 aromatic heterocycles. The predicted molar refractivity (Wildman–Crippen MR) is 85.5 cm³/mol. The van der Waals surface area contributed by atoms with Crippen LogP contribution in [0.5, 0.6) is 0 Å². The monoisotopic (exact) mass is 295 g/mol. The standard InChI is InChI=1S/C16H22ClNS/c17-16-10-12(9-14-3-1-2-7-18-14)4-5-15(16)13-6-8-19-11-13/h4-5,10,13-14,18H,1-3,6-9,11H2. The lowest BCUT2D eigenvalue weighted by atomic mass is 9.94. The molecule has 3 rings (SSSR count). The molecule has 2 unspecified atom stereocenters. The Balaban J connectivity index is 1.67. The van der Waals surface area contributed by atoms with Crippen LogP contribution in [0.4, 0.5) is 0 Å². The van der Waals surface area contributed by atoms with Gasteiger partial charge in [0.25, 0.3) is 0 Å². The second kappa shape index (κ2) is 6.51. The third-order valence-electron chi connectivity index (χ3n) is 4.33. The van der Waals surface area contributed by atoms with Crippen LogP contribution in [0, 0.1) is 0 Å². The van der Waals surface area contributed by atoms with E-state index in [1.807, 2.05) is 11.8 Å². The molecule has 3 heteroatoms. The summed E-state index contributed by atoms with van der Waals surface area (Å²) >= 11 is 8.55. The molecular weight excluding hydrogens is 274 g/mol. The zero-order valence-corrected chi connectivity index (χ0v) is 12.9. The Morgan fingerprint density at radius 2 is 2.21 bits per heavy atom. The van der Waals surface area contributed by atoms with E-state index in [9.17, 15) is 0 Å². The molecule has 0 saturated carbocycles. The second-order valence-corrected chi connectivity index (χ2v) is 7.32. The van der Waals surface area contributed by atoms with E-state index in [0.29, 0.717) is 12.0 Å². The van der Waals surface area contributed by atoms with Crippen LogP contribution in [0.3, 0.4) is 0 Å². The van der Waals surface area contributed by atoms with Crippen molar-refractivity contribution in [3.8, 4) is 0 Å². The van der Waals surface area contributed by atoms with E-state index >= 15 is 0 Å². The van der Waals surface area contributed by atoms with Gasteiger partial charge in [-0.2, -0.15) is 11.8 Å². The van der Waals surface area contributed by atoms with Crippen LogP contribution in [-0.2, 0) is 6.42 Å². The molecule has 2 saturated heterocycles. The lowest BCUT2D eigenvalue weighted by molar-refractivity contribution is 0.399. The third kappa shape index (κ3) is 3.48. The van der Waals surface area contributed by atoms with E-state index in [1.165, 1.54) is 54.9 Å². The number of hydrogen-bond acceptors (Lipinski definition) is 2. The fraction of sp³-hybridized carbons (Fsp3) is 0.625. The zero-order chi connectivity index (χ0) is 13.1. The highest BCUT2D eigenvalue weighted by Crippen LogP contribution is 2.36. The maximum Gasteiger partial charge on any atom is 0.0443 e. The molecule has 0 radical (unpaired) electrons.